The smallest absolute Gasteiger partial charge is 0.211 e. The first-order chi connectivity index (χ1) is 20.8. The Labute approximate surface area is 264 Å². The molecule has 3 aromatic rings. The van der Waals surface area contributed by atoms with Gasteiger partial charge in [0.2, 0.25) is 30.1 Å². The molecule has 0 saturated heterocycles. The Balaban J connectivity index is 2.57. The van der Waals surface area contributed by atoms with Gasteiger partial charge in [0.25, 0.3) is 15.9 Å². The van der Waals surface area contributed by atoms with Gasteiger partial charge in [-0.25, -0.2) is 42.1 Å². The topological polar surface area (TPSA) is 222 Å². The highest BCUT2D eigenvalue weighted by molar-refractivity contribution is 7.93. The van der Waals surface area contributed by atoms with Crippen LogP contribution >= 0.6 is 0 Å². The maximum Gasteiger partial charge on any atom is 0.511 e. The molecule has 0 fully saturated rings. The second kappa shape index (κ2) is 12.9. The molecular formula is C23H26F3N5O10S5. The summed E-state index contributed by atoms with van der Waals surface area (Å²) in [4.78, 5) is -1.31. The fourth-order valence-corrected chi connectivity index (χ4v) is 9.91. The summed E-state index contributed by atoms with van der Waals surface area (Å²) >= 11 is 0. The van der Waals surface area contributed by atoms with E-state index >= 15 is 0 Å². The van der Waals surface area contributed by atoms with Crippen LogP contribution in [0.5, 0.6) is 0 Å². The minimum absolute atomic E-state index is 0.190. The van der Waals surface area contributed by atoms with Crippen LogP contribution < -0.4 is 19.0 Å². The molecule has 3 aromatic carbocycles. The molecule has 3 rings (SSSR count). The number of sulfonamides is 5. The van der Waals surface area contributed by atoms with E-state index in [0.29, 0.717) is 10.3 Å². The molecule has 4 N–H and O–H groups in total. The first-order valence-corrected chi connectivity index (χ1v) is 20.0. The highest BCUT2D eigenvalue weighted by Crippen LogP contribution is 2.30. The van der Waals surface area contributed by atoms with Gasteiger partial charge in [0.15, 0.2) is 0 Å². The van der Waals surface area contributed by atoms with Crippen LogP contribution in [0.15, 0.2) is 93.5 Å². The predicted molar refractivity (Wildman–Crippen MR) is 157 cm³/mol. The number of rotatable bonds is 13. The fourth-order valence-electron chi connectivity index (χ4n) is 3.78. The number of hydrogen-bond acceptors (Lipinski definition) is 10. The van der Waals surface area contributed by atoms with Crippen molar-refractivity contribution in [1.82, 2.24) is 23.4 Å². The van der Waals surface area contributed by atoms with Crippen molar-refractivity contribution in [3.8, 4) is 0 Å². The largest absolute Gasteiger partial charge is 0.511 e. The lowest BCUT2D eigenvalue weighted by molar-refractivity contribution is -0.0475. The summed E-state index contributed by atoms with van der Waals surface area (Å²) in [6.45, 7) is 2.68. The number of halogens is 3. The number of hydrogen-bond donors (Lipinski definition) is 4. The van der Waals surface area contributed by atoms with Crippen LogP contribution in [-0.4, -0.2) is 64.2 Å². The van der Waals surface area contributed by atoms with Crippen LogP contribution in [0.25, 0.3) is 0 Å². The molecule has 23 heteroatoms. The SMILES string of the molecule is Cc1ccc(S(=O)(=O)N(NS(C)(=O)=O)C(NS(=O)(=O)c2ccccc2)(NS(=O)(=O)c2ccccc2)NS(=O)(=O)C(F)(F)F)c(C)c1. The fraction of sp³-hybridized carbons (Fsp3) is 0.217. The molecule has 0 aliphatic rings. The Hall–Kier alpha value is -3.00. The molecular weight excluding hydrogens is 724 g/mol. The molecule has 0 atom stereocenters. The molecule has 46 heavy (non-hydrogen) atoms. The normalized spacial score (nSPS) is 14.0. The summed E-state index contributed by atoms with van der Waals surface area (Å²) < 4.78 is 177. The second-order valence-electron chi connectivity index (χ2n) is 9.50. The van der Waals surface area contributed by atoms with Gasteiger partial charge in [-0.05, 0) is 49.7 Å². The van der Waals surface area contributed by atoms with Crippen molar-refractivity contribution in [3.05, 3.63) is 90.0 Å². The van der Waals surface area contributed by atoms with Gasteiger partial charge >= 0.3 is 15.5 Å². The Morgan fingerprint density at radius 3 is 1.43 bits per heavy atom. The third kappa shape index (κ3) is 8.47. The number of nitrogens with one attached hydrogen (secondary N) is 4. The zero-order valence-corrected chi connectivity index (χ0v) is 27.8. The maximum atomic E-state index is 14.2. The highest BCUT2D eigenvalue weighted by Gasteiger charge is 2.59. The highest BCUT2D eigenvalue weighted by atomic mass is 32.2. The van der Waals surface area contributed by atoms with Crippen molar-refractivity contribution in [2.24, 2.45) is 0 Å². The summed E-state index contributed by atoms with van der Waals surface area (Å²) in [5.41, 5.74) is -6.10. The van der Waals surface area contributed by atoms with E-state index in [-0.39, 0.29) is 11.8 Å². The average Bonchev–Trinajstić information content (AvgIpc) is 2.90. The molecule has 0 radical (unpaired) electrons. The Bertz CT molecular complexity index is 2080. The van der Waals surface area contributed by atoms with E-state index < -0.39 is 80.6 Å². The summed E-state index contributed by atoms with van der Waals surface area (Å²) in [5.74, 6) is -4.46. The molecule has 0 aliphatic heterocycles. The number of nitrogens with zero attached hydrogens (tertiary/aromatic N) is 1. The van der Waals surface area contributed by atoms with E-state index in [9.17, 15) is 55.3 Å². The van der Waals surface area contributed by atoms with Crippen molar-refractivity contribution in [1.29, 1.82) is 0 Å². The van der Waals surface area contributed by atoms with E-state index in [4.69, 9.17) is 0 Å². The molecule has 254 valence electrons. The van der Waals surface area contributed by atoms with Crippen molar-refractivity contribution in [2.75, 3.05) is 6.26 Å². The van der Waals surface area contributed by atoms with Gasteiger partial charge in [0, 0.05) is 0 Å². The third-order valence-corrected chi connectivity index (χ3v) is 12.2. The summed E-state index contributed by atoms with van der Waals surface area (Å²) in [6.07, 6.45) is 0.276. The summed E-state index contributed by atoms with van der Waals surface area (Å²) in [6, 6.07) is 13.7. The van der Waals surface area contributed by atoms with E-state index in [1.54, 1.807) is 0 Å². The molecule has 0 aromatic heterocycles. The molecule has 0 bridgehead atoms. The van der Waals surface area contributed by atoms with Gasteiger partial charge in [-0.2, -0.15) is 27.3 Å². The van der Waals surface area contributed by atoms with Gasteiger partial charge in [0.1, 0.15) is 0 Å². The van der Waals surface area contributed by atoms with Gasteiger partial charge in [-0.15, -0.1) is 4.83 Å². The number of benzene rings is 3. The van der Waals surface area contributed by atoms with E-state index in [0.717, 1.165) is 54.6 Å². The zero-order valence-electron chi connectivity index (χ0n) is 23.7. The number of alkyl halides is 3. The molecule has 0 spiro atoms. The second-order valence-corrected chi connectivity index (χ2v) is 18.0. The minimum Gasteiger partial charge on any atom is -0.211 e. The Morgan fingerprint density at radius 1 is 0.630 bits per heavy atom. The monoisotopic (exact) mass is 749 g/mol. The van der Waals surface area contributed by atoms with Crippen LogP contribution in [-0.2, 0) is 50.1 Å². The zero-order chi connectivity index (χ0) is 35.0. The first kappa shape index (κ1) is 37.5. The van der Waals surface area contributed by atoms with Crippen LogP contribution in [0.3, 0.4) is 0 Å². The van der Waals surface area contributed by atoms with E-state index in [2.05, 4.69) is 0 Å². The van der Waals surface area contributed by atoms with Crippen LogP contribution in [0.1, 0.15) is 11.1 Å². The molecule has 0 heterocycles. The lowest BCUT2D eigenvalue weighted by Crippen LogP contribution is -2.81. The summed E-state index contributed by atoms with van der Waals surface area (Å²) in [5, 5.41) is 0. The maximum absolute atomic E-state index is 14.2. The molecule has 15 nitrogen and oxygen atoms in total. The van der Waals surface area contributed by atoms with Crippen LogP contribution in [0.2, 0.25) is 0 Å². The van der Waals surface area contributed by atoms with Gasteiger partial charge in [-0.3, -0.25) is 0 Å². The number of aryl methyl sites for hydroxylation is 2. The lowest BCUT2D eigenvalue weighted by atomic mass is 10.2. The lowest BCUT2D eigenvalue weighted by Gasteiger charge is -2.42. The van der Waals surface area contributed by atoms with E-state index in [1.165, 1.54) is 52.4 Å². The Morgan fingerprint density at radius 2 is 1.07 bits per heavy atom. The van der Waals surface area contributed by atoms with Crippen molar-refractivity contribution >= 4 is 50.1 Å². The van der Waals surface area contributed by atoms with Crippen LogP contribution in [0.4, 0.5) is 13.2 Å². The van der Waals surface area contributed by atoms with E-state index in [1.807, 2.05) is 0 Å². The van der Waals surface area contributed by atoms with Crippen molar-refractivity contribution < 1.29 is 55.3 Å². The van der Waals surface area contributed by atoms with Crippen LogP contribution in [0, 0.1) is 13.8 Å². The Kier molecular flexibility index (Phi) is 10.5. The molecule has 0 aliphatic carbocycles. The number of hydrazine groups is 1. The van der Waals surface area contributed by atoms with Gasteiger partial charge in [-0.1, -0.05) is 58.5 Å². The molecule has 0 amide bonds. The predicted octanol–water partition coefficient (Wildman–Crippen LogP) is 0.766. The molecule has 0 saturated carbocycles. The molecule has 0 unspecified atom stereocenters. The quantitative estimate of drug-likeness (QED) is 0.142. The average molecular weight is 750 g/mol. The van der Waals surface area contributed by atoms with Gasteiger partial charge < -0.3 is 0 Å². The standard InChI is InChI=1S/C23H26F3N5O10S5/c1-17-14-15-21(18(2)16-17)45(38,39)31(30-42(3,32)33)23(29-46(40,41)22(24,25)26,27-43(34,35)19-10-6-4-7-11-19)28-44(36,37)20-12-8-5-9-13-20/h4-16,27-30H,1-3H3. The third-order valence-electron chi connectivity index (χ3n) is 5.66. The minimum atomic E-state index is -6.97. The van der Waals surface area contributed by atoms with Crippen molar-refractivity contribution in [2.45, 2.75) is 40.0 Å². The summed E-state index contributed by atoms with van der Waals surface area (Å²) in [7, 11) is -28.7. The van der Waals surface area contributed by atoms with Crippen molar-refractivity contribution in [3.63, 3.8) is 0 Å². The first-order valence-electron chi connectivity index (χ1n) is 12.2. The van der Waals surface area contributed by atoms with Gasteiger partial charge in [0.05, 0.1) is 20.9 Å².